The fourth-order valence-corrected chi connectivity index (χ4v) is 2.74. The molecule has 0 unspecified atom stereocenters. The number of aryl methyl sites for hydroxylation is 1. The molecular weight excluding hydrogens is 364 g/mol. The Bertz CT molecular complexity index is 909. The molecule has 0 spiro atoms. The van der Waals surface area contributed by atoms with Gasteiger partial charge in [0, 0.05) is 17.6 Å². The number of likely N-dealkylation sites (N-methyl/N-ethyl adjacent to an activating group) is 1. The number of nitrogens with zero attached hydrogens (tertiary/aromatic N) is 2. The summed E-state index contributed by atoms with van der Waals surface area (Å²) in [6, 6.07) is 16.8. The number of hydrogen-bond donors (Lipinski definition) is 0. The van der Waals surface area contributed by atoms with E-state index in [1.165, 1.54) is 0 Å². The van der Waals surface area contributed by atoms with Gasteiger partial charge in [0.1, 0.15) is 18.1 Å². The van der Waals surface area contributed by atoms with Crippen molar-refractivity contribution < 1.29 is 13.9 Å². The molecule has 2 aromatic carbocycles. The van der Waals surface area contributed by atoms with Crippen molar-refractivity contribution in [3.63, 3.8) is 0 Å². The van der Waals surface area contributed by atoms with Crippen molar-refractivity contribution in [1.29, 1.82) is 0 Å². The van der Waals surface area contributed by atoms with Crippen molar-refractivity contribution in [2.24, 2.45) is 0 Å². The number of oxazole rings is 1. The second kappa shape index (κ2) is 8.73. The van der Waals surface area contributed by atoms with Crippen LogP contribution in [0.25, 0.3) is 11.5 Å². The summed E-state index contributed by atoms with van der Waals surface area (Å²) in [4.78, 5) is 18.6. The highest BCUT2D eigenvalue weighted by Crippen LogP contribution is 2.22. The monoisotopic (exact) mass is 384 g/mol. The Balaban J connectivity index is 1.54. The number of benzene rings is 2. The van der Waals surface area contributed by atoms with Gasteiger partial charge in [-0.2, -0.15) is 0 Å². The van der Waals surface area contributed by atoms with E-state index in [1.54, 1.807) is 24.1 Å². The molecule has 0 aliphatic rings. The largest absolute Gasteiger partial charge is 0.492 e. The molecule has 1 amide bonds. The SMILES string of the molecule is Cc1oc(-c2ccccc2)nc1CC(=O)N(C)CCOc1cccc(Cl)c1. The number of hydrogen-bond acceptors (Lipinski definition) is 4. The lowest BCUT2D eigenvalue weighted by Gasteiger charge is -2.17. The maximum Gasteiger partial charge on any atom is 0.228 e. The number of carbonyl (C=O) groups is 1. The number of rotatable bonds is 7. The highest BCUT2D eigenvalue weighted by molar-refractivity contribution is 6.30. The van der Waals surface area contributed by atoms with Gasteiger partial charge < -0.3 is 14.1 Å². The number of carbonyl (C=O) groups excluding carboxylic acids is 1. The smallest absolute Gasteiger partial charge is 0.228 e. The van der Waals surface area contributed by atoms with Crippen LogP contribution in [-0.2, 0) is 11.2 Å². The summed E-state index contributed by atoms with van der Waals surface area (Å²) in [5.74, 6) is 1.83. The maximum absolute atomic E-state index is 12.5. The Kier molecular flexibility index (Phi) is 6.14. The molecule has 0 fully saturated rings. The van der Waals surface area contributed by atoms with Gasteiger partial charge in [-0.3, -0.25) is 4.79 Å². The predicted molar refractivity (Wildman–Crippen MR) is 105 cm³/mol. The van der Waals surface area contributed by atoms with E-state index in [2.05, 4.69) is 4.98 Å². The molecule has 0 N–H and O–H groups in total. The number of halogens is 1. The van der Waals surface area contributed by atoms with Gasteiger partial charge in [-0.25, -0.2) is 4.98 Å². The summed E-state index contributed by atoms with van der Waals surface area (Å²) in [5.41, 5.74) is 1.55. The van der Waals surface area contributed by atoms with E-state index in [9.17, 15) is 4.79 Å². The normalized spacial score (nSPS) is 10.6. The van der Waals surface area contributed by atoms with E-state index in [0.717, 1.165) is 5.56 Å². The van der Waals surface area contributed by atoms with Gasteiger partial charge in [-0.15, -0.1) is 0 Å². The first-order chi connectivity index (χ1) is 13.0. The number of amides is 1. The minimum absolute atomic E-state index is 0.0410. The fraction of sp³-hybridized carbons (Fsp3) is 0.238. The summed E-state index contributed by atoms with van der Waals surface area (Å²) in [6.07, 6.45) is 0.190. The number of ether oxygens (including phenoxy) is 1. The molecule has 3 rings (SSSR count). The molecular formula is C21H21ClN2O3. The van der Waals surface area contributed by atoms with E-state index >= 15 is 0 Å². The van der Waals surface area contributed by atoms with Gasteiger partial charge in [-0.05, 0) is 37.3 Å². The Labute approximate surface area is 163 Å². The van der Waals surface area contributed by atoms with Gasteiger partial charge in [0.15, 0.2) is 0 Å². The zero-order valence-electron chi connectivity index (χ0n) is 15.3. The molecule has 3 aromatic rings. The lowest BCUT2D eigenvalue weighted by Crippen LogP contribution is -2.32. The average molecular weight is 385 g/mol. The second-order valence-electron chi connectivity index (χ2n) is 6.19. The molecule has 0 atom stereocenters. The minimum atomic E-state index is -0.0410. The van der Waals surface area contributed by atoms with E-state index in [1.807, 2.05) is 49.4 Å². The van der Waals surface area contributed by atoms with Crippen LogP contribution >= 0.6 is 11.6 Å². The van der Waals surface area contributed by atoms with E-state index < -0.39 is 0 Å². The standard InChI is InChI=1S/C21H21ClN2O3/c1-15-19(23-21(27-15)16-7-4-3-5-8-16)14-20(25)24(2)11-12-26-18-10-6-9-17(22)13-18/h3-10,13H,11-12,14H2,1-2H3. The molecule has 1 aromatic heterocycles. The Hall–Kier alpha value is -2.79. The molecule has 0 aliphatic carbocycles. The summed E-state index contributed by atoms with van der Waals surface area (Å²) in [7, 11) is 1.75. The molecule has 6 heteroatoms. The van der Waals surface area contributed by atoms with Crippen molar-refractivity contribution in [2.75, 3.05) is 20.2 Å². The Morgan fingerprint density at radius 3 is 2.70 bits per heavy atom. The minimum Gasteiger partial charge on any atom is -0.492 e. The molecule has 0 bridgehead atoms. The molecule has 0 radical (unpaired) electrons. The van der Waals surface area contributed by atoms with Gasteiger partial charge in [0.05, 0.1) is 18.7 Å². The molecule has 0 saturated carbocycles. The Morgan fingerprint density at radius 2 is 1.96 bits per heavy atom. The van der Waals surface area contributed by atoms with Crippen LogP contribution in [0.5, 0.6) is 5.75 Å². The zero-order chi connectivity index (χ0) is 19.2. The first-order valence-electron chi connectivity index (χ1n) is 8.67. The van der Waals surface area contributed by atoms with Crippen molar-refractivity contribution in [3.05, 3.63) is 71.1 Å². The number of aromatic nitrogens is 1. The van der Waals surface area contributed by atoms with Gasteiger partial charge in [0.25, 0.3) is 0 Å². The van der Waals surface area contributed by atoms with Gasteiger partial charge in [0.2, 0.25) is 11.8 Å². The van der Waals surface area contributed by atoms with Crippen LogP contribution in [0, 0.1) is 6.92 Å². The van der Waals surface area contributed by atoms with Crippen LogP contribution in [0.1, 0.15) is 11.5 Å². The van der Waals surface area contributed by atoms with Crippen LogP contribution in [-0.4, -0.2) is 36.0 Å². The molecule has 27 heavy (non-hydrogen) atoms. The van der Waals surface area contributed by atoms with E-state index in [4.69, 9.17) is 20.8 Å². The summed E-state index contributed by atoms with van der Waals surface area (Å²) in [6.45, 7) is 2.67. The van der Waals surface area contributed by atoms with Crippen LogP contribution in [0.2, 0.25) is 5.02 Å². The van der Waals surface area contributed by atoms with Crippen molar-refractivity contribution in [2.45, 2.75) is 13.3 Å². The third-order valence-electron chi connectivity index (χ3n) is 4.15. The van der Waals surface area contributed by atoms with Crippen LogP contribution in [0.15, 0.2) is 59.0 Å². The van der Waals surface area contributed by atoms with Crippen LogP contribution < -0.4 is 4.74 Å². The predicted octanol–water partition coefficient (Wildman–Crippen LogP) is 4.38. The van der Waals surface area contributed by atoms with Gasteiger partial charge in [-0.1, -0.05) is 35.9 Å². The highest BCUT2D eigenvalue weighted by atomic mass is 35.5. The topological polar surface area (TPSA) is 55.6 Å². The zero-order valence-corrected chi connectivity index (χ0v) is 16.1. The van der Waals surface area contributed by atoms with Crippen molar-refractivity contribution in [1.82, 2.24) is 9.88 Å². The first-order valence-corrected chi connectivity index (χ1v) is 9.05. The van der Waals surface area contributed by atoms with E-state index in [-0.39, 0.29) is 12.3 Å². The second-order valence-corrected chi connectivity index (χ2v) is 6.62. The third kappa shape index (κ3) is 5.11. The van der Waals surface area contributed by atoms with Crippen molar-refractivity contribution in [3.8, 4) is 17.2 Å². The van der Waals surface area contributed by atoms with E-state index in [0.29, 0.717) is 41.3 Å². The molecule has 1 heterocycles. The highest BCUT2D eigenvalue weighted by Gasteiger charge is 2.17. The molecule has 5 nitrogen and oxygen atoms in total. The Morgan fingerprint density at radius 1 is 1.19 bits per heavy atom. The van der Waals surface area contributed by atoms with Crippen LogP contribution in [0.3, 0.4) is 0 Å². The molecule has 140 valence electrons. The first kappa shape index (κ1) is 19.0. The maximum atomic E-state index is 12.5. The van der Waals surface area contributed by atoms with Crippen LogP contribution in [0.4, 0.5) is 0 Å². The lowest BCUT2D eigenvalue weighted by molar-refractivity contribution is -0.129. The van der Waals surface area contributed by atoms with Crippen molar-refractivity contribution >= 4 is 17.5 Å². The average Bonchev–Trinajstić information content (AvgIpc) is 3.03. The lowest BCUT2D eigenvalue weighted by atomic mass is 10.2. The summed E-state index contributed by atoms with van der Waals surface area (Å²) in [5, 5.41) is 0.618. The molecule has 0 aliphatic heterocycles. The summed E-state index contributed by atoms with van der Waals surface area (Å²) < 4.78 is 11.3. The van der Waals surface area contributed by atoms with Gasteiger partial charge >= 0.3 is 0 Å². The fourth-order valence-electron chi connectivity index (χ4n) is 2.56. The third-order valence-corrected chi connectivity index (χ3v) is 4.38. The quantitative estimate of drug-likeness (QED) is 0.606. The summed E-state index contributed by atoms with van der Waals surface area (Å²) >= 11 is 5.93. The molecule has 0 saturated heterocycles.